The third kappa shape index (κ3) is 4.60. The molecule has 10 aromatic rings. The Hall–Kier alpha value is -6.85. The van der Waals surface area contributed by atoms with E-state index in [0.717, 1.165) is 66.5 Å². The van der Waals surface area contributed by atoms with Crippen LogP contribution in [0.1, 0.15) is 0 Å². The molecule has 0 aliphatic heterocycles. The van der Waals surface area contributed by atoms with Crippen molar-refractivity contribution < 1.29 is 4.42 Å². The van der Waals surface area contributed by atoms with Crippen LogP contribution in [0.2, 0.25) is 0 Å². The van der Waals surface area contributed by atoms with Gasteiger partial charge in [-0.15, -0.1) is 0 Å². The molecule has 0 saturated heterocycles. The minimum Gasteiger partial charge on any atom is -0.454 e. The molecule has 3 heterocycles. The molecule has 0 aliphatic carbocycles. The highest BCUT2D eigenvalue weighted by molar-refractivity contribution is 6.13. The minimum atomic E-state index is 0.635. The Kier molecular flexibility index (Phi) is 6.42. The molecule has 0 saturated carbocycles. The molecule has 0 N–H and O–H groups in total. The molecule has 0 atom stereocenters. The van der Waals surface area contributed by atoms with Crippen molar-refractivity contribution in [2.75, 3.05) is 0 Å². The number of fused-ring (bicyclic) bond motifs is 6. The first-order chi connectivity index (χ1) is 24.8. The molecular weight excluding hydrogens is 613 g/mol. The van der Waals surface area contributed by atoms with Gasteiger partial charge in [0.15, 0.2) is 23.1 Å². The molecule has 7 aromatic carbocycles. The smallest absolute Gasteiger partial charge is 0.164 e. The van der Waals surface area contributed by atoms with E-state index >= 15 is 0 Å². The Morgan fingerprint density at radius 1 is 0.360 bits per heavy atom. The highest BCUT2D eigenvalue weighted by Crippen LogP contribution is 2.39. The molecule has 3 aromatic heterocycles. The van der Waals surface area contributed by atoms with Gasteiger partial charge in [0, 0.05) is 38.2 Å². The zero-order valence-electron chi connectivity index (χ0n) is 26.9. The lowest BCUT2D eigenvalue weighted by molar-refractivity contribution is 0.666. The van der Waals surface area contributed by atoms with Gasteiger partial charge in [-0.2, -0.15) is 0 Å². The zero-order valence-corrected chi connectivity index (χ0v) is 26.9. The second-order valence-electron chi connectivity index (χ2n) is 12.5. The monoisotopic (exact) mass is 640 g/mol. The summed E-state index contributed by atoms with van der Waals surface area (Å²) in [6, 6.07) is 58.6. The summed E-state index contributed by atoms with van der Waals surface area (Å²) >= 11 is 0. The molecule has 10 rings (SSSR count). The van der Waals surface area contributed by atoms with Crippen molar-refractivity contribution in [1.29, 1.82) is 0 Å². The molecule has 0 bridgehead atoms. The van der Waals surface area contributed by atoms with E-state index in [1.165, 1.54) is 10.8 Å². The molecule has 50 heavy (non-hydrogen) atoms. The average molecular weight is 641 g/mol. The highest BCUT2D eigenvalue weighted by atomic mass is 16.3. The minimum absolute atomic E-state index is 0.635. The second-order valence-corrected chi connectivity index (χ2v) is 12.5. The summed E-state index contributed by atoms with van der Waals surface area (Å²) in [4.78, 5) is 14.8. The molecule has 0 fully saturated rings. The Bertz CT molecular complexity index is 2810. The fraction of sp³-hybridized carbons (Fsp3) is 0. The maximum Gasteiger partial charge on any atom is 0.164 e. The maximum absolute atomic E-state index is 6.49. The van der Waals surface area contributed by atoms with Crippen molar-refractivity contribution in [2.24, 2.45) is 0 Å². The molecule has 234 valence electrons. The summed E-state index contributed by atoms with van der Waals surface area (Å²) in [7, 11) is 0. The second kappa shape index (κ2) is 11.4. The number of hydrogen-bond donors (Lipinski definition) is 0. The fourth-order valence-corrected chi connectivity index (χ4v) is 7.10. The van der Waals surface area contributed by atoms with Gasteiger partial charge in [-0.05, 0) is 47.5 Å². The van der Waals surface area contributed by atoms with Crippen molar-refractivity contribution in [2.45, 2.75) is 0 Å². The van der Waals surface area contributed by atoms with Crippen molar-refractivity contribution in [1.82, 2.24) is 19.5 Å². The van der Waals surface area contributed by atoms with Crippen LogP contribution in [0.25, 0.3) is 94.7 Å². The normalized spacial score (nSPS) is 11.6. The average Bonchev–Trinajstić information content (AvgIpc) is 3.74. The van der Waals surface area contributed by atoms with Gasteiger partial charge in [0.1, 0.15) is 5.58 Å². The van der Waals surface area contributed by atoms with E-state index in [1.54, 1.807) is 0 Å². The molecule has 0 spiro atoms. The van der Waals surface area contributed by atoms with Gasteiger partial charge in [0.2, 0.25) is 0 Å². The van der Waals surface area contributed by atoms with Crippen molar-refractivity contribution in [3.63, 3.8) is 0 Å². The van der Waals surface area contributed by atoms with E-state index in [4.69, 9.17) is 19.4 Å². The van der Waals surface area contributed by atoms with Gasteiger partial charge in [-0.3, -0.25) is 0 Å². The van der Waals surface area contributed by atoms with Crippen LogP contribution in [-0.2, 0) is 0 Å². The third-order valence-corrected chi connectivity index (χ3v) is 9.45. The van der Waals surface area contributed by atoms with Gasteiger partial charge in [0.05, 0.1) is 16.7 Å². The lowest BCUT2D eigenvalue weighted by atomic mass is 10.0. The van der Waals surface area contributed by atoms with Crippen LogP contribution in [0, 0.1) is 0 Å². The number of furan rings is 1. The number of rotatable bonds is 5. The highest BCUT2D eigenvalue weighted by Gasteiger charge is 2.18. The summed E-state index contributed by atoms with van der Waals surface area (Å²) in [5, 5.41) is 4.60. The van der Waals surface area contributed by atoms with Crippen LogP contribution in [0.4, 0.5) is 0 Å². The van der Waals surface area contributed by atoms with Gasteiger partial charge < -0.3 is 8.98 Å². The molecule has 0 radical (unpaired) electrons. The molecular formula is C45H28N4O. The Morgan fingerprint density at radius 3 is 1.66 bits per heavy atom. The number of benzene rings is 7. The predicted molar refractivity (Wildman–Crippen MR) is 203 cm³/mol. The first-order valence-corrected chi connectivity index (χ1v) is 16.7. The third-order valence-electron chi connectivity index (χ3n) is 9.45. The zero-order chi connectivity index (χ0) is 33.0. The SMILES string of the molecule is c1ccc(-c2nc(-c3ccccc3)nc(-c3cccc(-c4ccc5c(c4)c4ccccc4n5-c4cccc5c4oc4ccccc45)c3)n2)cc1. The fourth-order valence-electron chi connectivity index (χ4n) is 7.10. The van der Waals surface area contributed by atoms with Gasteiger partial charge in [-0.1, -0.05) is 133 Å². The number of hydrogen-bond acceptors (Lipinski definition) is 4. The number of aromatic nitrogens is 4. The largest absolute Gasteiger partial charge is 0.454 e. The lowest BCUT2D eigenvalue weighted by Gasteiger charge is -2.10. The van der Waals surface area contributed by atoms with Crippen LogP contribution in [0.15, 0.2) is 174 Å². The molecule has 0 amide bonds. The van der Waals surface area contributed by atoms with Crippen molar-refractivity contribution >= 4 is 43.7 Å². The standard InChI is InChI=1S/C45H28N4O/c1-3-13-29(14-4-1)43-46-44(30-15-5-2-6-16-30)48-45(47-43)33-18-11-17-31(27-33)32-25-26-39-37(28-32)34-19-7-9-22-38(34)49(39)40-23-12-21-36-35-20-8-10-24-41(35)50-42(36)40/h1-28H. The summed E-state index contributed by atoms with van der Waals surface area (Å²) in [6.45, 7) is 0. The Balaban J connectivity index is 1.12. The van der Waals surface area contributed by atoms with E-state index in [0.29, 0.717) is 17.5 Å². The number of nitrogens with zero attached hydrogens (tertiary/aromatic N) is 4. The maximum atomic E-state index is 6.49. The summed E-state index contributed by atoms with van der Waals surface area (Å²) < 4.78 is 8.82. The Morgan fingerprint density at radius 2 is 0.900 bits per heavy atom. The van der Waals surface area contributed by atoms with Crippen molar-refractivity contribution in [3.05, 3.63) is 170 Å². The lowest BCUT2D eigenvalue weighted by Crippen LogP contribution is -2.00. The number of para-hydroxylation sites is 3. The predicted octanol–water partition coefficient (Wildman–Crippen LogP) is 11.5. The first-order valence-electron chi connectivity index (χ1n) is 16.7. The molecule has 5 heteroatoms. The summed E-state index contributed by atoms with van der Waals surface area (Å²) in [5.74, 6) is 1.93. The van der Waals surface area contributed by atoms with E-state index in [-0.39, 0.29) is 0 Å². The summed E-state index contributed by atoms with van der Waals surface area (Å²) in [6.07, 6.45) is 0. The summed E-state index contributed by atoms with van der Waals surface area (Å²) in [5.41, 5.74) is 10.1. The first kappa shape index (κ1) is 28.2. The van der Waals surface area contributed by atoms with E-state index in [9.17, 15) is 0 Å². The Labute approximate surface area is 287 Å². The molecule has 0 unspecified atom stereocenters. The topological polar surface area (TPSA) is 56.7 Å². The van der Waals surface area contributed by atoms with E-state index in [2.05, 4.69) is 102 Å². The van der Waals surface area contributed by atoms with Crippen LogP contribution < -0.4 is 0 Å². The molecule has 0 aliphatic rings. The quantitative estimate of drug-likeness (QED) is 0.188. The van der Waals surface area contributed by atoms with Gasteiger partial charge in [0.25, 0.3) is 0 Å². The van der Waals surface area contributed by atoms with Crippen LogP contribution >= 0.6 is 0 Å². The van der Waals surface area contributed by atoms with Crippen LogP contribution in [0.5, 0.6) is 0 Å². The van der Waals surface area contributed by atoms with E-state index in [1.807, 2.05) is 72.8 Å². The van der Waals surface area contributed by atoms with Crippen LogP contribution in [-0.4, -0.2) is 19.5 Å². The molecule has 5 nitrogen and oxygen atoms in total. The van der Waals surface area contributed by atoms with Crippen molar-refractivity contribution in [3.8, 4) is 51.0 Å². The van der Waals surface area contributed by atoms with Crippen LogP contribution in [0.3, 0.4) is 0 Å². The van der Waals surface area contributed by atoms with Gasteiger partial charge in [-0.25, -0.2) is 15.0 Å². The van der Waals surface area contributed by atoms with Gasteiger partial charge >= 0.3 is 0 Å². The van der Waals surface area contributed by atoms with E-state index < -0.39 is 0 Å².